The fourth-order valence-electron chi connectivity index (χ4n) is 4.07. The minimum atomic E-state index is -0.476. The molecular formula is C25H26ClN3O3. The van der Waals surface area contributed by atoms with Crippen molar-refractivity contribution in [3.8, 4) is 0 Å². The maximum Gasteiger partial charge on any atom is 0.411 e. The summed E-state index contributed by atoms with van der Waals surface area (Å²) in [6, 6.07) is 16.6. The lowest BCUT2D eigenvalue weighted by Crippen LogP contribution is -2.37. The molecule has 6 nitrogen and oxygen atoms in total. The SMILES string of the molecule is O=C(Nc1cccc2cccnc12)OCCCN1CCC(C(=O)c2ccc(Cl)cc2)CC1. The summed E-state index contributed by atoms with van der Waals surface area (Å²) in [6.07, 6.45) is 3.66. The second-order valence-electron chi connectivity index (χ2n) is 7.98. The number of likely N-dealkylation sites (tertiary alicyclic amines) is 1. The molecule has 2 aromatic carbocycles. The largest absolute Gasteiger partial charge is 0.449 e. The van der Waals surface area contributed by atoms with Gasteiger partial charge in [-0.15, -0.1) is 0 Å². The Bertz CT molecular complexity index is 1070. The van der Waals surface area contributed by atoms with Crippen molar-refractivity contribution in [1.29, 1.82) is 0 Å². The standard InChI is InChI=1S/C25H26ClN3O3/c26-21-9-7-19(8-10-21)24(30)20-11-15-29(16-12-20)14-3-17-32-25(31)28-22-6-1-4-18-5-2-13-27-23(18)22/h1-2,4-10,13,20H,3,11-12,14-17H2,(H,28,31). The van der Waals surface area contributed by atoms with Crippen LogP contribution < -0.4 is 5.32 Å². The number of aromatic nitrogens is 1. The number of carbonyl (C=O) groups excluding carboxylic acids is 2. The van der Waals surface area contributed by atoms with Gasteiger partial charge in [0.25, 0.3) is 0 Å². The normalized spacial score (nSPS) is 14.9. The lowest BCUT2D eigenvalue weighted by atomic mass is 9.89. The highest BCUT2D eigenvalue weighted by Crippen LogP contribution is 2.23. The third kappa shape index (κ3) is 5.64. The van der Waals surface area contributed by atoms with Crippen LogP contribution in [-0.2, 0) is 4.74 Å². The molecule has 0 radical (unpaired) electrons. The second kappa shape index (κ2) is 10.6. The zero-order chi connectivity index (χ0) is 22.3. The van der Waals surface area contributed by atoms with Crippen LogP contribution in [0.5, 0.6) is 0 Å². The molecule has 1 aliphatic heterocycles. The molecule has 0 atom stereocenters. The molecule has 2 heterocycles. The highest BCUT2D eigenvalue weighted by atomic mass is 35.5. The Morgan fingerprint density at radius 2 is 1.81 bits per heavy atom. The van der Waals surface area contributed by atoms with Crippen LogP contribution in [0.2, 0.25) is 5.02 Å². The van der Waals surface area contributed by atoms with Crippen molar-refractivity contribution in [1.82, 2.24) is 9.88 Å². The van der Waals surface area contributed by atoms with Gasteiger partial charge in [-0.2, -0.15) is 0 Å². The number of amides is 1. The van der Waals surface area contributed by atoms with E-state index in [9.17, 15) is 9.59 Å². The number of nitrogens with zero attached hydrogens (tertiary/aromatic N) is 2. The van der Waals surface area contributed by atoms with Crippen molar-refractivity contribution in [2.45, 2.75) is 19.3 Å². The van der Waals surface area contributed by atoms with Crippen LogP contribution in [0.25, 0.3) is 10.9 Å². The molecule has 0 spiro atoms. The van der Waals surface area contributed by atoms with Gasteiger partial charge in [0, 0.05) is 34.6 Å². The highest BCUT2D eigenvalue weighted by Gasteiger charge is 2.25. The van der Waals surface area contributed by atoms with Crippen LogP contribution in [-0.4, -0.2) is 48.0 Å². The average molecular weight is 452 g/mol. The Morgan fingerprint density at radius 3 is 2.59 bits per heavy atom. The fraction of sp³-hybridized carbons (Fsp3) is 0.320. The number of pyridine rings is 1. The van der Waals surface area contributed by atoms with Gasteiger partial charge in [-0.05, 0) is 68.8 Å². The number of hydrogen-bond acceptors (Lipinski definition) is 5. The number of rotatable bonds is 7. The van der Waals surface area contributed by atoms with Crippen molar-refractivity contribution >= 4 is 40.1 Å². The van der Waals surface area contributed by atoms with E-state index in [0.717, 1.165) is 55.4 Å². The lowest BCUT2D eigenvalue weighted by Gasteiger charge is -2.31. The number of Topliss-reactive ketones (excluding diaryl/α,β-unsaturated/α-hetero) is 1. The zero-order valence-electron chi connectivity index (χ0n) is 17.8. The number of carbonyl (C=O) groups is 2. The Kier molecular flexibility index (Phi) is 7.35. The van der Waals surface area contributed by atoms with Gasteiger partial charge < -0.3 is 9.64 Å². The van der Waals surface area contributed by atoms with Crippen LogP contribution in [0.3, 0.4) is 0 Å². The molecule has 7 heteroatoms. The van der Waals surface area contributed by atoms with Crippen LogP contribution in [0, 0.1) is 5.92 Å². The molecule has 1 aromatic heterocycles. The first-order chi connectivity index (χ1) is 15.6. The Hall–Kier alpha value is -2.96. The molecule has 1 saturated heterocycles. The first-order valence-corrected chi connectivity index (χ1v) is 11.3. The molecule has 0 unspecified atom stereocenters. The van der Waals surface area contributed by atoms with E-state index in [1.807, 2.05) is 30.3 Å². The molecule has 166 valence electrons. The molecule has 1 amide bonds. The Labute approximate surface area is 192 Å². The van der Waals surface area contributed by atoms with Crippen molar-refractivity contribution in [3.05, 3.63) is 71.4 Å². The summed E-state index contributed by atoms with van der Waals surface area (Å²) in [5, 5.41) is 4.38. The van der Waals surface area contributed by atoms with E-state index >= 15 is 0 Å². The number of anilines is 1. The molecule has 0 aliphatic carbocycles. The first-order valence-electron chi connectivity index (χ1n) is 10.9. The summed E-state index contributed by atoms with van der Waals surface area (Å²) >= 11 is 5.91. The monoisotopic (exact) mass is 451 g/mol. The molecular weight excluding hydrogens is 426 g/mol. The maximum atomic E-state index is 12.7. The lowest BCUT2D eigenvalue weighted by molar-refractivity contribution is 0.0830. The smallest absolute Gasteiger partial charge is 0.411 e. The molecule has 1 aliphatic rings. The van der Waals surface area contributed by atoms with E-state index in [2.05, 4.69) is 15.2 Å². The van der Waals surface area contributed by atoms with Gasteiger partial charge in [0.2, 0.25) is 0 Å². The fourth-order valence-corrected chi connectivity index (χ4v) is 4.20. The Morgan fingerprint density at radius 1 is 1.06 bits per heavy atom. The Balaban J connectivity index is 1.16. The van der Waals surface area contributed by atoms with Gasteiger partial charge in [0.15, 0.2) is 5.78 Å². The van der Waals surface area contributed by atoms with E-state index < -0.39 is 6.09 Å². The maximum absolute atomic E-state index is 12.7. The topological polar surface area (TPSA) is 71.5 Å². The average Bonchev–Trinajstić information content (AvgIpc) is 2.82. The van der Waals surface area contributed by atoms with Gasteiger partial charge in [-0.1, -0.05) is 29.8 Å². The van der Waals surface area contributed by atoms with Crippen LogP contribution >= 0.6 is 11.6 Å². The summed E-state index contributed by atoms with van der Waals surface area (Å²) in [5.41, 5.74) is 2.11. The van der Waals surface area contributed by atoms with Gasteiger partial charge in [-0.25, -0.2) is 4.79 Å². The number of para-hydroxylation sites is 1. The number of hydrogen-bond donors (Lipinski definition) is 1. The van der Waals surface area contributed by atoms with Crippen molar-refractivity contribution in [2.75, 3.05) is 31.6 Å². The van der Waals surface area contributed by atoms with Gasteiger partial charge in [-0.3, -0.25) is 15.1 Å². The van der Waals surface area contributed by atoms with Crippen LogP contribution in [0.4, 0.5) is 10.5 Å². The van der Waals surface area contributed by atoms with Crippen LogP contribution in [0.1, 0.15) is 29.6 Å². The minimum Gasteiger partial charge on any atom is -0.449 e. The molecule has 4 rings (SSSR count). The third-order valence-electron chi connectivity index (χ3n) is 5.81. The van der Waals surface area contributed by atoms with Crippen molar-refractivity contribution in [3.63, 3.8) is 0 Å². The van der Waals surface area contributed by atoms with Crippen molar-refractivity contribution < 1.29 is 14.3 Å². The third-order valence-corrected chi connectivity index (χ3v) is 6.06. The summed E-state index contributed by atoms with van der Waals surface area (Å²) in [7, 11) is 0. The number of ether oxygens (including phenoxy) is 1. The van der Waals surface area contributed by atoms with E-state index in [-0.39, 0.29) is 11.7 Å². The second-order valence-corrected chi connectivity index (χ2v) is 8.42. The highest BCUT2D eigenvalue weighted by molar-refractivity contribution is 6.30. The minimum absolute atomic E-state index is 0.0590. The number of nitrogens with one attached hydrogen (secondary N) is 1. The number of piperidine rings is 1. The number of benzene rings is 2. The molecule has 32 heavy (non-hydrogen) atoms. The zero-order valence-corrected chi connectivity index (χ0v) is 18.6. The van der Waals surface area contributed by atoms with Gasteiger partial charge >= 0.3 is 6.09 Å². The summed E-state index contributed by atoms with van der Waals surface area (Å²) in [6.45, 7) is 2.92. The van der Waals surface area contributed by atoms with E-state index in [1.54, 1.807) is 30.5 Å². The van der Waals surface area contributed by atoms with E-state index in [4.69, 9.17) is 16.3 Å². The summed E-state index contributed by atoms with van der Waals surface area (Å²) in [5.74, 6) is 0.257. The predicted molar refractivity (Wildman–Crippen MR) is 126 cm³/mol. The summed E-state index contributed by atoms with van der Waals surface area (Å²) < 4.78 is 5.34. The van der Waals surface area contributed by atoms with E-state index in [0.29, 0.717) is 17.3 Å². The quantitative estimate of drug-likeness (QED) is 0.383. The first kappa shape index (κ1) is 22.2. The van der Waals surface area contributed by atoms with Gasteiger partial charge in [0.05, 0.1) is 17.8 Å². The summed E-state index contributed by atoms with van der Waals surface area (Å²) in [4.78, 5) is 31.5. The molecule has 1 N–H and O–H groups in total. The van der Waals surface area contributed by atoms with Crippen LogP contribution in [0.15, 0.2) is 60.8 Å². The van der Waals surface area contributed by atoms with Crippen molar-refractivity contribution in [2.24, 2.45) is 5.92 Å². The number of halogens is 1. The number of ketones is 1. The molecule has 3 aromatic rings. The predicted octanol–water partition coefficient (Wildman–Crippen LogP) is 5.42. The molecule has 1 fully saturated rings. The number of fused-ring (bicyclic) bond motifs is 1. The van der Waals surface area contributed by atoms with E-state index in [1.165, 1.54) is 0 Å². The van der Waals surface area contributed by atoms with Gasteiger partial charge in [0.1, 0.15) is 0 Å². The molecule has 0 bridgehead atoms. The molecule has 0 saturated carbocycles.